The van der Waals surface area contributed by atoms with Crippen molar-refractivity contribution in [3.8, 4) is 0 Å². The van der Waals surface area contributed by atoms with Crippen LogP contribution in [0.1, 0.15) is 18.9 Å². The highest BCUT2D eigenvalue weighted by molar-refractivity contribution is 6.33. The molecule has 0 spiro atoms. The van der Waals surface area contributed by atoms with E-state index in [2.05, 4.69) is 30.3 Å². The second kappa shape index (κ2) is 5.91. The molecule has 1 aliphatic heterocycles. The fourth-order valence-corrected chi connectivity index (χ4v) is 3.01. The summed E-state index contributed by atoms with van der Waals surface area (Å²) >= 11 is 6.38. The van der Waals surface area contributed by atoms with Gasteiger partial charge in [0.1, 0.15) is 0 Å². The van der Waals surface area contributed by atoms with Crippen LogP contribution in [0, 0.1) is 0 Å². The number of rotatable bonds is 4. The molecular formula is C14H21ClN2O. The maximum atomic E-state index is 6.38. The fraction of sp³-hybridized carbons (Fsp3) is 0.571. The number of likely N-dealkylation sites (N-methyl/N-ethyl adjacent to an activating group) is 1. The molecule has 1 aromatic carbocycles. The summed E-state index contributed by atoms with van der Waals surface area (Å²) in [5.74, 6) is 0. The highest BCUT2D eigenvalue weighted by Crippen LogP contribution is 2.33. The van der Waals surface area contributed by atoms with Crippen molar-refractivity contribution >= 4 is 17.3 Å². The summed E-state index contributed by atoms with van der Waals surface area (Å²) in [6.45, 7) is 3.78. The zero-order valence-corrected chi connectivity index (χ0v) is 12.0. The van der Waals surface area contributed by atoms with E-state index in [4.69, 9.17) is 16.3 Å². The summed E-state index contributed by atoms with van der Waals surface area (Å²) in [4.78, 5) is 2.27. The van der Waals surface area contributed by atoms with Crippen molar-refractivity contribution < 1.29 is 4.74 Å². The van der Waals surface area contributed by atoms with Gasteiger partial charge in [0.05, 0.1) is 22.9 Å². The first-order chi connectivity index (χ1) is 8.65. The number of nitrogens with one attached hydrogen (secondary N) is 1. The number of anilines is 1. The van der Waals surface area contributed by atoms with E-state index in [9.17, 15) is 0 Å². The first-order valence-corrected chi connectivity index (χ1v) is 6.79. The van der Waals surface area contributed by atoms with Crippen LogP contribution in [0.15, 0.2) is 18.2 Å². The van der Waals surface area contributed by atoms with Gasteiger partial charge in [-0.2, -0.15) is 0 Å². The van der Waals surface area contributed by atoms with Gasteiger partial charge in [0, 0.05) is 20.2 Å². The van der Waals surface area contributed by atoms with E-state index in [1.54, 1.807) is 0 Å². The molecule has 1 aromatic rings. The standard InChI is InChI=1S/C14H21ClN2O/c1-10-13(7-8-18-10)17(3)14-11(9-16-2)5-4-6-12(14)15/h4-6,10,13,16H,7-9H2,1-3H3. The van der Waals surface area contributed by atoms with Crippen molar-refractivity contribution in [3.63, 3.8) is 0 Å². The zero-order valence-electron chi connectivity index (χ0n) is 11.2. The molecule has 0 aliphatic carbocycles. The van der Waals surface area contributed by atoms with Gasteiger partial charge in [-0.05, 0) is 32.0 Å². The van der Waals surface area contributed by atoms with Gasteiger partial charge in [0.2, 0.25) is 0 Å². The molecule has 18 heavy (non-hydrogen) atoms. The average molecular weight is 269 g/mol. The maximum Gasteiger partial charge on any atom is 0.0750 e. The number of halogens is 1. The first-order valence-electron chi connectivity index (χ1n) is 6.41. The monoisotopic (exact) mass is 268 g/mol. The van der Waals surface area contributed by atoms with Crippen LogP contribution in [0.4, 0.5) is 5.69 Å². The molecule has 0 aromatic heterocycles. The largest absolute Gasteiger partial charge is 0.376 e. The first kappa shape index (κ1) is 13.7. The van der Waals surface area contributed by atoms with Crippen molar-refractivity contribution in [2.45, 2.75) is 32.0 Å². The minimum absolute atomic E-state index is 0.258. The van der Waals surface area contributed by atoms with Crippen molar-refractivity contribution in [2.24, 2.45) is 0 Å². The van der Waals surface area contributed by atoms with E-state index < -0.39 is 0 Å². The number of benzene rings is 1. The zero-order chi connectivity index (χ0) is 13.1. The van der Waals surface area contributed by atoms with E-state index >= 15 is 0 Å². The molecule has 2 unspecified atom stereocenters. The summed E-state index contributed by atoms with van der Waals surface area (Å²) in [5, 5.41) is 4.00. The summed E-state index contributed by atoms with van der Waals surface area (Å²) in [5.41, 5.74) is 2.35. The van der Waals surface area contributed by atoms with E-state index in [0.29, 0.717) is 6.04 Å². The van der Waals surface area contributed by atoms with Gasteiger partial charge in [0.25, 0.3) is 0 Å². The molecule has 1 heterocycles. The molecule has 1 N–H and O–H groups in total. The summed E-state index contributed by atoms with van der Waals surface area (Å²) in [7, 11) is 4.06. The lowest BCUT2D eigenvalue weighted by Gasteiger charge is -2.31. The summed E-state index contributed by atoms with van der Waals surface area (Å²) in [6, 6.07) is 6.48. The number of nitrogens with zero attached hydrogens (tertiary/aromatic N) is 1. The van der Waals surface area contributed by atoms with Crippen LogP contribution in [0.2, 0.25) is 5.02 Å². The predicted molar refractivity (Wildman–Crippen MR) is 76.4 cm³/mol. The van der Waals surface area contributed by atoms with Crippen molar-refractivity contribution in [1.29, 1.82) is 0 Å². The van der Waals surface area contributed by atoms with Crippen LogP contribution in [0.25, 0.3) is 0 Å². The van der Waals surface area contributed by atoms with Gasteiger partial charge < -0.3 is 15.0 Å². The van der Waals surface area contributed by atoms with Crippen LogP contribution in [-0.2, 0) is 11.3 Å². The minimum atomic E-state index is 0.258. The lowest BCUT2D eigenvalue weighted by atomic mass is 10.1. The van der Waals surface area contributed by atoms with E-state index in [0.717, 1.165) is 30.3 Å². The highest BCUT2D eigenvalue weighted by atomic mass is 35.5. The van der Waals surface area contributed by atoms with Crippen LogP contribution >= 0.6 is 11.6 Å². The Kier molecular flexibility index (Phi) is 4.49. The molecule has 0 saturated carbocycles. The number of hydrogen-bond acceptors (Lipinski definition) is 3. The quantitative estimate of drug-likeness (QED) is 0.909. The minimum Gasteiger partial charge on any atom is -0.376 e. The second-order valence-corrected chi connectivity index (χ2v) is 5.23. The van der Waals surface area contributed by atoms with E-state index in [1.165, 1.54) is 5.56 Å². The van der Waals surface area contributed by atoms with Gasteiger partial charge in [-0.15, -0.1) is 0 Å². The Hall–Kier alpha value is -0.770. The normalized spacial score (nSPS) is 23.3. The Morgan fingerprint density at radius 3 is 2.89 bits per heavy atom. The third-order valence-electron chi connectivity index (χ3n) is 3.62. The molecule has 1 saturated heterocycles. The lowest BCUT2D eigenvalue weighted by molar-refractivity contribution is 0.118. The predicted octanol–water partition coefficient (Wildman–Crippen LogP) is 2.67. The molecule has 100 valence electrons. The molecule has 0 radical (unpaired) electrons. The van der Waals surface area contributed by atoms with Crippen LogP contribution in [-0.4, -0.2) is 32.8 Å². The Morgan fingerprint density at radius 2 is 2.28 bits per heavy atom. The fourth-order valence-electron chi connectivity index (χ4n) is 2.68. The van der Waals surface area contributed by atoms with Crippen molar-refractivity contribution in [1.82, 2.24) is 5.32 Å². The molecule has 4 heteroatoms. The van der Waals surface area contributed by atoms with Gasteiger partial charge >= 0.3 is 0 Å². The van der Waals surface area contributed by atoms with Crippen molar-refractivity contribution in [3.05, 3.63) is 28.8 Å². The Morgan fingerprint density at radius 1 is 1.50 bits per heavy atom. The van der Waals surface area contributed by atoms with Gasteiger partial charge in [-0.1, -0.05) is 23.7 Å². The van der Waals surface area contributed by atoms with Crippen LogP contribution in [0.3, 0.4) is 0 Å². The van der Waals surface area contributed by atoms with Gasteiger partial charge in [-0.25, -0.2) is 0 Å². The summed E-state index contributed by atoms with van der Waals surface area (Å²) < 4.78 is 5.65. The molecule has 1 aliphatic rings. The molecule has 1 fully saturated rings. The van der Waals surface area contributed by atoms with E-state index in [-0.39, 0.29) is 6.10 Å². The Bertz CT molecular complexity index is 411. The summed E-state index contributed by atoms with van der Waals surface area (Å²) in [6.07, 6.45) is 1.32. The second-order valence-electron chi connectivity index (χ2n) is 4.82. The van der Waals surface area contributed by atoms with Gasteiger partial charge in [0.15, 0.2) is 0 Å². The number of ether oxygens (including phenoxy) is 1. The molecular weight excluding hydrogens is 248 g/mol. The Labute approximate surface area is 114 Å². The van der Waals surface area contributed by atoms with Gasteiger partial charge in [-0.3, -0.25) is 0 Å². The SMILES string of the molecule is CNCc1cccc(Cl)c1N(C)C1CCOC1C. The third kappa shape index (κ3) is 2.63. The topological polar surface area (TPSA) is 24.5 Å². The van der Waals surface area contributed by atoms with Crippen molar-refractivity contribution in [2.75, 3.05) is 25.6 Å². The van der Waals surface area contributed by atoms with E-state index in [1.807, 2.05) is 19.2 Å². The molecule has 0 bridgehead atoms. The maximum absolute atomic E-state index is 6.38. The highest BCUT2D eigenvalue weighted by Gasteiger charge is 2.29. The lowest BCUT2D eigenvalue weighted by Crippen LogP contribution is -2.37. The molecule has 2 rings (SSSR count). The smallest absolute Gasteiger partial charge is 0.0750 e. The number of hydrogen-bond donors (Lipinski definition) is 1. The van der Waals surface area contributed by atoms with Crippen LogP contribution < -0.4 is 10.2 Å². The molecule has 3 nitrogen and oxygen atoms in total. The average Bonchev–Trinajstić information content (AvgIpc) is 2.75. The Balaban J connectivity index is 2.30. The molecule has 0 amide bonds. The molecule has 2 atom stereocenters. The van der Waals surface area contributed by atoms with Crippen LogP contribution in [0.5, 0.6) is 0 Å². The number of para-hydroxylation sites is 1. The third-order valence-corrected chi connectivity index (χ3v) is 3.93.